The van der Waals surface area contributed by atoms with Crippen LogP contribution in [0.2, 0.25) is 0 Å². The lowest BCUT2D eigenvalue weighted by molar-refractivity contribution is 0.413. The van der Waals surface area contributed by atoms with Crippen molar-refractivity contribution >= 4 is 9.84 Å². The van der Waals surface area contributed by atoms with E-state index in [4.69, 9.17) is 15.7 Å². The van der Waals surface area contributed by atoms with Gasteiger partial charge in [0.25, 0.3) is 0 Å². The molecule has 0 heterocycles. The predicted octanol–water partition coefficient (Wildman–Crippen LogP) is 0.829. The molecule has 0 fully saturated rings. The van der Waals surface area contributed by atoms with Gasteiger partial charge in [-0.3, -0.25) is 0 Å². The second-order valence-corrected chi connectivity index (χ2v) is 6.29. The minimum absolute atomic E-state index is 0.0685. The van der Waals surface area contributed by atoms with E-state index < -0.39 is 15.9 Å². The van der Waals surface area contributed by atoms with Gasteiger partial charge in [-0.25, -0.2) is 8.42 Å². The number of sulfone groups is 1. The first-order valence-electron chi connectivity index (χ1n) is 5.41. The monoisotopic (exact) mass is 268 g/mol. The van der Waals surface area contributed by atoms with Gasteiger partial charge < -0.3 is 10.5 Å². The molecule has 0 bridgehead atoms. The number of methoxy groups -OCH3 is 1. The fraction of sp³-hybridized carbons (Fsp3) is 0.417. The van der Waals surface area contributed by atoms with Crippen LogP contribution in [0.15, 0.2) is 18.2 Å². The molecule has 0 spiro atoms. The summed E-state index contributed by atoms with van der Waals surface area (Å²) in [5.74, 6) is 0.250. The summed E-state index contributed by atoms with van der Waals surface area (Å²) in [5, 5.41) is 8.92. The predicted molar refractivity (Wildman–Crippen MR) is 68.8 cm³/mol. The second-order valence-electron chi connectivity index (χ2n) is 4.18. The van der Waals surface area contributed by atoms with Crippen LogP contribution in [0.25, 0.3) is 0 Å². The molecule has 0 amide bonds. The molecule has 0 aromatic heterocycles. The summed E-state index contributed by atoms with van der Waals surface area (Å²) in [6.07, 6.45) is 0. The third-order valence-corrected chi connectivity index (χ3v) is 4.09. The van der Waals surface area contributed by atoms with E-state index in [1.54, 1.807) is 19.1 Å². The van der Waals surface area contributed by atoms with Crippen LogP contribution in [0.1, 0.15) is 18.1 Å². The standard InChI is InChI=1S/C12H16N2O3S/c1-9(14)7-18(15,16)8-10-3-4-12(17-2)11(5-10)6-13/h3-5,9H,7-8,14H2,1-2H3. The van der Waals surface area contributed by atoms with Crippen LogP contribution in [0, 0.1) is 11.3 Å². The zero-order valence-electron chi connectivity index (χ0n) is 10.4. The van der Waals surface area contributed by atoms with E-state index >= 15 is 0 Å². The Kier molecular flexibility index (Phi) is 4.70. The summed E-state index contributed by atoms with van der Waals surface area (Å²) < 4.78 is 28.5. The smallest absolute Gasteiger partial charge is 0.155 e. The second kappa shape index (κ2) is 5.85. The van der Waals surface area contributed by atoms with Crippen molar-refractivity contribution in [3.8, 4) is 11.8 Å². The molecule has 1 aromatic rings. The van der Waals surface area contributed by atoms with Gasteiger partial charge in [0.1, 0.15) is 11.8 Å². The third-order valence-electron chi connectivity index (χ3n) is 2.29. The van der Waals surface area contributed by atoms with Crippen molar-refractivity contribution in [3.05, 3.63) is 29.3 Å². The molecule has 0 aliphatic carbocycles. The van der Waals surface area contributed by atoms with Crippen LogP contribution in [0.4, 0.5) is 0 Å². The Morgan fingerprint density at radius 1 is 1.50 bits per heavy atom. The fourth-order valence-corrected chi connectivity index (χ4v) is 3.25. The van der Waals surface area contributed by atoms with Crippen molar-refractivity contribution in [2.45, 2.75) is 18.7 Å². The van der Waals surface area contributed by atoms with E-state index in [2.05, 4.69) is 0 Å². The van der Waals surface area contributed by atoms with Crippen LogP contribution >= 0.6 is 0 Å². The molecule has 98 valence electrons. The van der Waals surface area contributed by atoms with Gasteiger partial charge in [-0.1, -0.05) is 6.07 Å². The quantitative estimate of drug-likeness (QED) is 0.853. The van der Waals surface area contributed by atoms with Gasteiger partial charge in [0.2, 0.25) is 0 Å². The summed E-state index contributed by atoms with van der Waals surface area (Å²) in [6.45, 7) is 1.65. The van der Waals surface area contributed by atoms with E-state index in [1.807, 2.05) is 6.07 Å². The number of hydrogen-bond acceptors (Lipinski definition) is 5. The normalized spacial score (nSPS) is 12.8. The molecule has 2 N–H and O–H groups in total. The first-order valence-corrected chi connectivity index (χ1v) is 7.23. The number of nitriles is 1. The highest BCUT2D eigenvalue weighted by atomic mass is 32.2. The minimum Gasteiger partial charge on any atom is -0.495 e. The number of nitrogens with zero attached hydrogens (tertiary/aromatic N) is 1. The van der Waals surface area contributed by atoms with Crippen LogP contribution in [-0.2, 0) is 15.6 Å². The molecule has 0 saturated carbocycles. The van der Waals surface area contributed by atoms with E-state index in [9.17, 15) is 8.42 Å². The maximum Gasteiger partial charge on any atom is 0.155 e. The zero-order valence-corrected chi connectivity index (χ0v) is 11.2. The summed E-state index contributed by atoms with van der Waals surface area (Å²) in [4.78, 5) is 0. The van der Waals surface area contributed by atoms with Gasteiger partial charge in [0.05, 0.1) is 24.2 Å². The van der Waals surface area contributed by atoms with E-state index in [1.165, 1.54) is 13.2 Å². The highest BCUT2D eigenvalue weighted by Crippen LogP contribution is 2.20. The molecule has 18 heavy (non-hydrogen) atoms. The average Bonchev–Trinajstić information content (AvgIpc) is 2.26. The minimum atomic E-state index is -3.25. The molecule has 1 aromatic carbocycles. The molecular weight excluding hydrogens is 252 g/mol. The molecular formula is C12H16N2O3S. The van der Waals surface area contributed by atoms with Crippen molar-refractivity contribution in [1.82, 2.24) is 0 Å². The maximum absolute atomic E-state index is 11.8. The number of benzene rings is 1. The fourth-order valence-electron chi connectivity index (χ4n) is 1.65. The molecule has 0 aliphatic rings. The topological polar surface area (TPSA) is 93.2 Å². The Balaban J connectivity index is 2.97. The number of hydrogen-bond donors (Lipinski definition) is 1. The Hall–Kier alpha value is -1.58. The van der Waals surface area contributed by atoms with Gasteiger partial charge in [-0.15, -0.1) is 0 Å². The third kappa shape index (κ3) is 4.02. The van der Waals surface area contributed by atoms with E-state index in [0.717, 1.165) is 0 Å². The summed E-state index contributed by atoms with van der Waals surface area (Å²) in [5.41, 5.74) is 6.37. The SMILES string of the molecule is COc1ccc(CS(=O)(=O)CC(C)N)cc1C#N. The van der Waals surface area contributed by atoms with Gasteiger partial charge in [0, 0.05) is 6.04 Å². The largest absolute Gasteiger partial charge is 0.495 e. The van der Waals surface area contributed by atoms with E-state index in [-0.39, 0.29) is 11.5 Å². The lowest BCUT2D eigenvalue weighted by Gasteiger charge is -2.08. The molecule has 5 nitrogen and oxygen atoms in total. The van der Waals surface area contributed by atoms with Gasteiger partial charge in [-0.2, -0.15) is 5.26 Å². The molecule has 0 saturated heterocycles. The van der Waals surface area contributed by atoms with Crippen molar-refractivity contribution in [2.75, 3.05) is 12.9 Å². The number of ether oxygens (including phenoxy) is 1. The Morgan fingerprint density at radius 2 is 2.17 bits per heavy atom. The highest BCUT2D eigenvalue weighted by molar-refractivity contribution is 7.90. The lowest BCUT2D eigenvalue weighted by Crippen LogP contribution is -2.27. The first kappa shape index (κ1) is 14.5. The van der Waals surface area contributed by atoms with Gasteiger partial charge in [-0.05, 0) is 24.6 Å². The van der Waals surface area contributed by atoms with Crippen molar-refractivity contribution in [2.24, 2.45) is 5.73 Å². The number of nitrogens with two attached hydrogens (primary N) is 1. The Morgan fingerprint density at radius 3 is 2.67 bits per heavy atom. The maximum atomic E-state index is 11.8. The summed E-state index contributed by atoms with van der Waals surface area (Å²) in [7, 11) is -1.79. The van der Waals surface area contributed by atoms with Crippen molar-refractivity contribution < 1.29 is 13.2 Å². The summed E-state index contributed by atoms with van der Waals surface area (Å²) in [6, 6.07) is 6.32. The molecule has 0 radical (unpaired) electrons. The van der Waals surface area contributed by atoms with Crippen molar-refractivity contribution in [3.63, 3.8) is 0 Å². The molecule has 1 unspecified atom stereocenters. The Labute approximate surface area is 107 Å². The van der Waals surface area contributed by atoms with Crippen LogP contribution < -0.4 is 10.5 Å². The van der Waals surface area contributed by atoms with Crippen LogP contribution in [0.3, 0.4) is 0 Å². The first-order chi connectivity index (χ1) is 8.38. The van der Waals surface area contributed by atoms with E-state index in [0.29, 0.717) is 16.9 Å². The van der Waals surface area contributed by atoms with Gasteiger partial charge >= 0.3 is 0 Å². The van der Waals surface area contributed by atoms with Crippen LogP contribution in [0.5, 0.6) is 5.75 Å². The van der Waals surface area contributed by atoms with Crippen LogP contribution in [-0.4, -0.2) is 27.3 Å². The lowest BCUT2D eigenvalue weighted by atomic mass is 10.1. The molecule has 1 atom stereocenters. The molecule has 1 rings (SSSR count). The molecule has 6 heteroatoms. The summed E-state index contributed by atoms with van der Waals surface area (Å²) >= 11 is 0. The van der Waals surface area contributed by atoms with Crippen molar-refractivity contribution in [1.29, 1.82) is 5.26 Å². The average molecular weight is 268 g/mol. The van der Waals surface area contributed by atoms with Gasteiger partial charge in [0.15, 0.2) is 9.84 Å². The zero-order chi connectivity index (χ0) is 13.8. The number of rotatable bonds is 5. The molecule has 0 aliphatic heterocycles. The highest BCUT2D eigenvalue weighted by Gasteiger charge is 2.15. The Bertz CT molecular complexity index is 559.